The first kappa shape index (κ1) is 11.0. The van der Waals surface area contributed by atoms with Crippen LogP contribution in [0.15, 0.2) is 24.3 Å². The predicted molar refractivity (Wildman–Crippen MR) is 53.7 cm³/mol. The van der Waals surface area contributed by atoms with Crippen LogP contribution in [0, 0.1) is 0 Å². The zero-order valence-electron chi connectivity index (χ0n) is 8.40. The number of esters is 1. The summed E-state index contributed by atoms with van der Waals surface area (Å²) in [5.74, 6) is -0.381. The van der Waals surface area contributed by atoms with Crippen molar-refractivity contribution >= 4 is 5.97 Å². The van der Waals surface area contributed by atoms with Crippen molar-refractivity contribution in [2.24, 2.45) is 0 Å². The van der Waals surface area contributed by atoms with Gasteiger partial charge in [0.05, 0.1) is 11.7 Å². The fraction of sp³-hybridized carbons (Fsp3) is 0.545. The number of allylic oxidation sites excluding steroid dienone is 1. The van der Waals surface area contributed by atoms with E-state index in [9.17, 15) is 9.90 Å². The van der Waals surface area contributed by atoms with Crippen LogP contribution in [0.2, 0.25) is 0 Å². The minimum absolute atomic E-state index is 0.184. The summed E-state index contributed by atoms with van der Waals surface area (Å²) in [5.41, 5.74) is 0.404. The van der Waals surface area contributed by atoms with Gasteiger partial charge in [-0.1, -0.05) is 13.0 Å². The molecule has 0 aromatic rings. The molecule has 0 radical (unpaired) electrons. The van der Waals surface area contributed by atoms with E-state index in [1.165, 1.54) is 0 Å². The molecular formula is C11H16O3. The van der Waals surface area contributed by atoms with Crippen LogP contribution in [0.4, 0.5) is 0 Å². The normalized spacial score (nSPS) is 22.9. The van der Waals surface area contributed by atoms with Gasteiger partial charge in [-0.15, -0.1) is 6.58 Å². The molecular weight excluding hydrogens is 180 g/mol. The lowest BCUT2D eigenvalue weighted by atomic mass is 10.1. The van der Waals surface area contributed by atoms with Gasteiger partial charge in [0.25, 0.3) is 0 Å². The van der Waals surface area contributed by atoms with Crippen LogP contribution in [0.3, 0.4) is 0 Å². The van der Waals surface area contributed by atoms with Crippen molar-refractivity contribution in [2.45, 2.75) is 38.4 Å². The first-order valence-electron chi connectivity index (χ1n) is 4.90. The lowest BCUT2D eigenvalue weighted by Gasteiger charge is -2.06. The summed E-state index contributed by atoms with van der Waals surface area (Å²) in [6.07, 6.45) is 4.73. The van der Waals surface area contributed by atoms with Gasteiger partial charge in [-0.05, 0) is 25.3 Å². The van der Waals surface area contributed by atoms with Gasteiger partial charge in [-0.25, -0.2) is 4.79 Å². The Balaban J connectivity index is 2.57. The molecule has 0 aromatic heterocycles. The maximum atomic E-state index is 11.3. The molecule has 1 N–H and O–H groups in total. The van der Waals surface area contributed by atoms with Crippen molar-refractivity contribution in [3.63, 3.8) is 0 Å². The first-order chi connectivity index (χ1) is 6.69. The highest BCUT2D eigenvalue weighted by molar-refractivity contribution is 5.91. The molecule has 1 heterocycles. The van der Waals surface area contributed by atoms with E-state index in [2.05, 4.69) is 6.58 Å². The second-order valence-electron chi connectivity index (χ2n) is 3.36. The van der Waals surface area contributed by atoms with Crippen molar-refractivity contribution in [1.82, 2.24) is 0 Å². The van der Waals surface area contributed by atoms with E-state index in [-0.39, 0.29) is 12.1 Å². The van der Waals surface area contributed by atoms with Crippen LogP contribution in [0.1, 0.15) is 26.2 Å². The van der Waals surface area contributed by atoms with Crippen molar-refractivity contribution in [3.05, 3.63) is 24.3 Å². The zero-order valence-corrected chi connectivity index (χ0v) is 8.40. The summed E-state index contributed by atoms with van der Waals surface area (Å²) in [7, 11) is 0. The highest BCUT2D eigenvalue weighted by Gasteiger charge is 2.28. The monoisotopic (exact) mass is 196 g/mol. The SMILES string of the molecule is C=CCCC1C=C(C(O)CC)C(=O)O1. The number of ether oxygens (including phenoxy) is 1. The number of carbonyl (C=O) groups is 1. The molecule has 3 nitrogen and oxygen atoms in total. The van der Waals surface area contributed by atoms with Crippen LogP contribution in [0.25, 0.3) is 0 Å². The number of cyclic esters (lactones) is 1. The standard InChI is InChI=1S/C11H16O3/c1-3-5-6-8-7-9(10(12)4-2)11(13)14-8/h3,7-8,10,12H,1,4-6H2,2H3. The van der Waals surface area contributed by atoms with Gasteiger partial charge in [0, 0.05) is 0 Å². The van der Waals surface area contributed by atoms with Crippen LogP contribution in [-0.4, -0.2) is 23.3 Å². The lowest BCUT2D eigenvalue weighted by Crippen LogP contribution is -2.15. The van der Waals surface area contributed by atoms with Crippen molar-refractivity contribution < 1.29 is 14.6 Å². The number of carbonyl (C=O) groups excluding carboxylic acids is 1. The second-order valence-corrected chi connectivity index (χ2v) is 3.36. The molecule has 14 heavy (non-hydrogen) atoms. The average Bonchev–Trinajstić information content (AvgIpc) is 2.55. The Hall–Kier alpha value is -1.09. The highest BCUT2D eigenvalue weighted by Crippen LogP contribution is 2.21. The maximum Gasteiger partial charge on any atom is 0.337 e. The Morgan fingerprint density at radius 3 is 3.07 bits per heavy atom. The number of aliphatic hydroxyl groups excluding tert-OH is 1. The summed E-state index contributed by atoms with van der Waals surface area (Å²) in [6.45, 7) is 5.43. The lowest BCUT2D eigenvalue weighted by molar-refractivity contribution is -0.140. The Bertz CT molecular complexity index is 255. The molecule has 0 saturated carbocycles. The summed E-state index contributed by atoms with van der Waals surface area (Å²) in [6, 6.07) is 0. The van der Waals surface area contributed by atoms with E-state index in [1.54, 1.807) is 12.2 Å². The Labute approximate surface area is 84.1 Å². The van der Waals surface area contributed by atoms with E-state index in [0.717, 1.165) is 12.8 Å². The van der Waals surface area contributed by atoms with Gasteiger partial charge in [-0.2, -0.15) is 0 Å². The van der Waals surface area contributed by atoms with E-state index in [4.69, 9.17) is 4.74 Å². The molecule has 0 aliphatic carbocycles. The van der Waals surface area contributed by atoms with E-state index >= 15 is 0 Å². The van der Waals surface area contributed by atoms with Crippen LogP contribution >= 0.6 is 0 Å². The summed E-state index contributed by atoms with van der Waals surface area (Å²) in [5, 5.41) is 9.48. The minimum atomic E-state index is -0.684. The van der Waals surface area contributed by atoms with Gasteiger partial charge in [0.15, 0.2) is 0 Å². The Kier molecular flexibility index (Phi) is 3.89. The van der Waals surface area contributed by atoms with E-state index in [0.29, 0.717) is 12.0 Å². The quantitative estimate of drug-likeness (QED) is 0.536. The molecule has 1 aliphatic heterocycles. The zero-order chi connectivity index (χ0) is 10.6. The fourth-order valence-electron chi connectivity index (χ4n) is 1.40. The molecule has 2 unspecified atom stereocenters. The number of hydrogen-bond acceptors (Lipinski definition) is 3. The van der Waals surface area contributed by atoms with Crippen LogP contribution in [-0.2, 0) is 9.53 Å². The summed E-state index contributed by atoms with van der Waals surface area (Å²) >= 11 is 0. The topological polar surface area (TPSA) is 46.5 Å². The van der Waals surface area contributed by atoms with E-state index in [1.807, 2.05) is 6.92 Å². The van der Waals surface area contributed by atoms with Crippen molar-refractivity contribution in [1.29, 1.82) is 0 Å². The van der Waals surface area contributed by atoms with Gasteiger partial charge >= 0.3 is 5.97 Å². The minimum Gasteiger partial charge on any atom is -0.455 e. The second kappa shape index (κ2) is 4.96. The molecule has 78 valence electrons. The Morgan fingerprint density at radius 2 is 2.50 bits per heavy atom. The van der Waals surface area contributed by atoms with Crippen molar-refractivity contribution in [2.75, 3.05) is 0 Å². The maximum absolute atomic E-state index is 11.3. The van der Waals surface area contributed by atoms with E-state index < -0.39 is 6.10 Å². The van der Waals surface area contributed by atoms with Gasteiger partial charge in [0.2, 0.25) is 0 Å². The van der Waals surface area contributed by atoms with Gasteiger partial charge in [0.1, 0.15) is 6.10 Å². The third-order valence-electron chi connectivity index (χ3n) is 2.26. The predicted octanol–water partition coefficient (Wildman–Crippen LogP) is 1.58. The molecule has 0 spiro atoms. The number of hydrogen-bond donors (Lipinski definition) is 1. The molecule has 0 fully saturated rings. The summed E-state index contributed by atoms with van der Waals surface area (Å²) in [4.78, 5) is 11.3. The molecule has 0 aromatic carbocycles. The number of rotatable bonds is 5. The molecule has 0 bridgehead atoms. The smallest absolute Gasteiger partial charge is 0.337 e. The molecule has 1 aliphatic rings. The van der Waals surface area contributed by atoms with Gasteiger partial charge < -0.3 is 9.84 Å². The van der Waals surface area contributed by atoms with Crippen molar-refractivity contribution in [3.8, 4) is 0 Å². The largest absolute Gasteiger partial charge is 0.455 e. The molecule has 0 amide bonds. The van der Waals surface area contributed by atoms with Crippen LogP contribution < -0.4 is 0 Å². The molecule has 0 saturated heterocycles. The molecule has 1 rings (SSSR count). The molecule has 3 heteroatoms. The Morgan fingerprint density at radius 1 is 1.79 bits per heavy atom. The first-order valence-corrected chi connectivity index (χ1v) is 4.90. The third kappa shape index (κ3) is 2.45. The van der Waals surface area contributed by atoms with Crippen LogP contribution in [0.5, 0.6) is 0 Å². The fourth-order valence-corrected chi connectivity index (χ4v) is 1.40. The third-order valence-corrected chi connectivity index (χ3v) is 2.26. The van der Waals surface area contributed by atoms with Gasteiger partial charge in [-0.3, -0.25) is 0 Å². The number of aliphatic hydroxyl groups is 1. The average molecular weight is 196 g/mol. The molecule has 2 atom stereocenters. The highest BCUT2D eigenvalue weighted by atomic mass is 16.5. The summed E-state index contributed by atoms with van der Waals surface area (Å²) < 4.78 is 5.06.